The maximum atomic E-state index is 4.89. The number of halogens is 3. The van der Waals surface area contributed by atoms with Crippen LogP contribution in [0.3, 0.4) is 0 Å². The van der Waals surface area contributed by atoms with Crippen LogP contribution in [0.25, 0.3) is 0 Å². The van der Waals surface area contributed by atoms with Crippen LogP contribution in [0.15, 0.2) is 30.3 Å². The van der Waals surface area contributed by atoms with Gasteiger partial charge in [-0.1, -0.05) is 0 Å². The Hall–Kier alpha value is 3.59. The topological polar surface area (TPSA) is 0 Å². The maximum absolute atomic E-state index is 4.89. The summed E-state index contributed by atoms with van der Waals surface area (Å²) in [5.74, 6) is 9.90. The zero-order valence-electron chi connectivity index (χ0n) is 21.4. The molecular weight excluding hydrogens is 747 g/mol. The molecule has 0 radical (unpaired) electrons. The normalized spacial score (nSPS) is 11.0. The molecule has 0 bridgehead atoms. The number of rotatable bonds is 16. The van der Waals surface area contributed by atoms with Crippen molar-refractivity contribution in [1.29, 1.82) is 0 Å². The summed E-state index contributed by atoms with van der Waals surface area (Å²) in [6.07, 6.45) is 8.70. The third-order valence-electron chi connectivity index (χ3n) is 3.90. The molecule has 0 fully saturated rings. The van der Waals surface area contributed by atoms with Crippen LogP contribution in [-0.4, -0.2) is 71.0 Å². The van der Waals surface area contributed by atoms with Crippen LogP contribution in [0.2, 0.25) is 0 Å². The Morgan fingerprint density at radius 1 is 0.583 bits per heavy atom. The quantitative estimate of drug-likeness (QED) is 0.0926. The Morgan fingerprint density at radius 2 is 0.889 bits per heavy atom. The summed E-state index contributed by atoms with van der Waals surface area (Å²) >= 11 is 18.2. The average Bonchev–Trinajstić information content (AvgIpc) is 3.38. The van der Waals surface area contributed by atoms with E-state index in [4.69, 9.17) is 30.3 Å². The van der Waals surface area contributed by atoms with Gasteiger partial charge in [0.15, 0.2) is 0 Å². The minimum absolute atomic E-state index is 1.23. The summed E-state index contributed by atoms with van der Waals surface area (Å²) in [5.41, 5.74) is 0. The molecule has 14 heteroatoms. The van der Waals surface area contributed by atoms with E-state index >= 15 is 0 Å². The van der Waals surface area contributed by atoms with Gasteiger partial charge in [-0.25, -0.2) is 0 Å². The van der Waals surface area contributed by atoms with Crippen LogP contribution >= 0.6 is 147 Å². The van der Waals surface area contributed by atoms with Crippen molar-refractivity contribution in [3.8, 4) is 0 Å². The van der Waals surface area contributed by atoms with Crippen LogP contribution in [0.1, 0.15) is 9.75 Å². The van der Waals surface area contributed by atoms with Crippen molar-refractivity contribution < 1.29 is 11.2 Å². The minimum atomic E-state index is -1.33. The molecule has 0 aliphatic heterocycles. The van der Waals surface area contributed by atoms with Gasteiger partial charge in [0.2, 0.25) is 0 Å². The molecular formula is C22H36Cl3FeS10. The Balaban J connectivity index is 0.000000596. The summed E-state index contributed by atoms with van der Waals surface area (Å²) in [7, 11) is 14.7. The third-order valence-corrected chi connectivity index (χ3v) is 14.5. The number of hydrogen-bond donors (Lipinski definition) is 0. The first-order valence-corrected chi connectivity index (χ1v) is 26.5. The van der Waals surface area contributed by atoms with Crippen LogP contribution in [0.5, 0.6) is 0 Å². The van der Waals surface area contributed by atoms with Gasteiger partial charge in [-0.2, -0.15) is 58.4 Å². The van der Waals surface area contributed by atoms with Gasteiger partial charge in [-0.3, -0.25) is 0 Å². The molecule has 0 atom stereocenters. The SMILES string of the molecule is CSCCSc1c(C)sc(C)c1SCCSC.CSCCSc1cscc1SCCSC.[Cl][Fe]([Cl])[Cl]. The zero-order valence-corrected chi connectivity index (χ0v) is 32.9. The summed E-state index contributed by atoms with van der Waals surface area (Å²) in [6, 6.07) is 0. The zero-order chi connectivity index (χ0) is 27.2. The first-order chi connectivity index (χ1) is 17.3. The van der Waals surface area contributed by atoms with Crippen molar-refractivity contribution in [3.63, 3.8) is 0 Å². The fraction of sp³-hybridized carbons (Fsp3) is 0.636. The molecule has 0 unspecified atom stereocenters. The van der Waals surface area contributed by atoms with Crippen molar-refractivity contribution in [3.05, 3.63) is 20.5 Å². The molecule has 213 valence electrons. The summed E-state index contributed by atoms with van der Waals surface area (Å²) < 4.78 is 0. The Kier molecular flexibility index (Phi) is 30.2. The predicted molar refractivity (Wildman–Crippen MR) is 192 cm³/mol. The average molecular weight is 783 g/mol. The molecule has 0 saturated carbocycles. The van der Waals surface area contributed by atoms with Gasteiger partial charge in [-0.15, -0.1) is 58.4 Å². The predicted octanol–water partition coefficient (Wildman–Crippen LogP) is 12.0. The molecule has 0 nitrogen and oxygen atoms in total. The van der Waals surface area contributed by atoms with Gasteiger partial charge in [0, 0.05) is 86.1 Å². The number of thioether (sulfide) groups is 8. The molecule has 0 aliphatic rings. The second-order valence-electron chi connectivity index (χ2n) is 6.49. The Labute approximate surface area is 279 Å². The van der Waals surface area contributed by atoms with Crippen molar-refractivity contribution in [2.24, 2.45) is 0 Å². The first kappa shape index (κ1) is 39.6. The van der Waals surface area contributed by atoms with E-state index < -0.39 is 11.2 Å². The molecule has 0 saturated heterocycles. The molecule has 2 heterocycles. The van der Waals surface area contributed by atoms with Crippen molar-refractivity contribution in [2.75, 3.05) is 71.0 Å². The van der Waals surface area contributed by atoms with Crippen molar-refractivity contribution in [2.45, 2.75) is 33.4 Å². The van der Waals surface area contributed by atoms with Gasteiger partial charge >= 0.3 is 41.5 Å². The van der Waals surface area contributed by atoms with Crippen LogP contribution in [0.4, 0.5) is 0 Å². The number of hydrogen-bond acceptors (Lipinski definition) is 10. The molecule has 0 aromatic carbocycles. The van der Waals surface area contributed by atoms with E-state index in [-0.39, 0.29) is 0 Å². The summed E-state index contributed by atoms with van der Waals surface area (Å²) in [4.78, 5) is 9.07. The van der Waals surface area contributed by atoms with E-state index in [0.29, 0.717) is 0 Å². The third kappa shape index (κ3) is 20.5. The van der Waals surface area contributed by atoms with E-state index in [9.17, 15) is 0 Å². The second kappa shape index (κ2) is 27.4. The fourth-order valence-electron chi connectivity index (χ4n) is 2.38. The fourth-order valence-corrected chi connectivity index (χ4v) is 12.5. The van der Waals surface area contributed by atoms with E-state index in [1.54, 1.807) is 9.79 Å². The van der Waals surface area contributed by atoms with Crippen molar-refractivity contribution in [1.82, 2.24) is 0 Å². The van der Waals surface area contributed by atoms with Gasteiger partial charge in [0.25, 0.3) is 0 Å². The Morgan fingerprint density at radius 3 is 1.19 bits per heavy atom. The van der Waals surface area contributed by atoms with Gasteiger partial charge in [0.1, 0.15) is 0 Å². The molecule has 0 spiro atoms. The van der Waals surface area contributed by atoms with E-state index in [1.165, 1.54) is 65.6 Å². The summed E-state index contributed by atoms with van der Waals surface area (Å²) in [5, 5.41) is 4.57. The first-order valence-electron chi connectivity index (χ1n) is 10.6. The van der Waals surface area contributed by atoms with Crippen LogP contribution < -0.4 is 0 Å². The molecule has 36 heavy (non-hydrogen) atoms. The van der Waals surface area contributed by atoms with Crippen LogP contribution in [0, 0.1) is 13.8 Å². The molecule has 2 aromatic rings. The Bertz CT molecular complexity index is 716. The van der Waals surface area contributed by atoms with E-state index in [2.05, 4.69) is 49.6 Å². The molecule has 2 aromatic heterocycles. The van der Waals surface area contributed by atoms with Gasteiger partial charge in [-0.05, 0) is 38.9 Å². The molecule has 2 rings (SSSR count). The summed E-state index contributed by atoms with van der Waals surface area (Å²) in [6.45, 7) is 4.52. The van der Waals surface area contributed by atoms with E-state index in [1.807, 2.05) is 117 Å². The monoisotopic (exact) mass is 781 g/mol. The number of aryl methyl sites for hydroxylation is 2. The standard InChI is InChI=1S/C12H20S5.C10H16S5.3ClH.Fe/c1-9-11(15-7-5-13-3)12(10(2)17-9)16-8-6-14-4;1-11-3-5-14-9-7-13-8-10(9)15-6-4-12-2;;;;/h5-8H2,1-4H3;7-8H,3-6H2,1-2H3;3*1H;/q;;;;;+3/p-3. The van der Waals surface area contributed by atoms with E-state index in [0.717, 1.165) is 0 Å². The van der Waals surface area contributed by atoms with Crippen molar-refractivity contribution >= 4 is 147 Å². The van der Waals surface area contributed by atoms with Gasteiger partial charge in [0.05, 0.1) is 0 Å². The molecule has 0 N–H and O–H groups in total. The van der Waals surface area contributed by atoms with Gasteiger partial charge < -0.3 is 0 Å². The molecule has 0 amide bonds. The number of thiophene rings is 2. The molecule has 0 aliphatic carbocycles. The second-order valence-corrected chi connectivity index (χ2v) is 22.6. The van der Waals surface area contributed by atoms with Crippen LogP contribution in [-0.2, 0) is 11.2 Å².